The van der Waals surface area contributed by atoms with Crippen LogP contribution in [0.2, 0.25) is 0 Å². The molecule has 2 atom stereocenters. The van der Waals surface area contributed by atoms with E-state index in [1.807, 2.05) is 13.2 Å². The standard InChI is InChI=1S/C15H16N4O3/c1-17-8-11(7-16-17)19-12-2-4-18(13(12)6-14(19)20)15(21)10-3-5-22-9-10/h3,5,7-9,12-13H,2,4,6H2,1H3/t12-,13+/m1/s1. The van der Waals surface area contributed by atoms with Gasteiger partial charge in [-0.05, 0) is 12.5 Å². The van der Waals surface area contributed by atoms with E-state index in [4.69, 9.17) is 4.42 Å². The summed E-state index contributed by atoms with van der Waals surface area (Å²) in [6.07, 6.45) is 7.62. The van der Waals surface area contributed by atoms with Crippen molar-refractivity contribution in [3.8, 4) is 0 Å². The molecule has 7 heteroatoms. The van der Waals surface area contributed by atoms with Gasteiger partial charge in [0.1, 0.15) is 6.26 Å². The van der Waals surface area contributed by atoms with Crippen LogP contribution in [0.25, 0.3) is 0 Å². The van der Waals surface area contributed by atoms with Gasteiger partial charge in [0.15, 0.2) is 0 Å². The lowest BCUT2D eigenvalue weighted by Gasteiger charge is -2.24. The summed E-state index contributed by atoms with van der Waals surface area (Å²) in [5.41, 5.74) is 1.34. The topological polar surface area (TPSA) is 71.6 Å². The molecule has 4 heterocycles. The second kappa shape index (κ2) is 4.72. The van der Waals surface area contributed by atoms with Crippen LogP contribution in [0.5, 0.6) is 0 Å². The third-order valence-corrected chi connectivity index (χ3v) is 4.49. The highest BCUT2D eigenvalue weighted by atomic mass is 16.3. The zero-order valence-corrected chi connectivity index (χ0v) is 12.2. The summed E-state index contributed by atoms with van der Waals surface area (Å²) in [5.74, 6) is -0.0187. The number of anilines is 1. The highest BCUT2D eigenvalue weighted by Crippen LogP contribution is 2.36. The van der Waals surface area contributed by atoms with Crippen LogP contribution in [0.15, 0.2) is 35.4 Å². The van der Waals surface area contributed by atoms with Gasteiger partial charge in [-0.3, -0.25) is 14.3 Å². The number of aromatic nitrogens is 2. The highest BCUT2D eigenvalue weighted by molar-refractivity contribution is 6.00. The first-order valence-corrected chi connectivity index (χ1v) is 7.29. The number of carbonyl (C=O) groups excluding carboxylic acids is 2. The summed E-state index contributed by atoms with van der Waals surface area (Å²) in [4.78, 5) is 28.5. The van der Waals surface area contributed by atoms with Crippen molar-refractivity contribution in [3.63, 3.8) is 0 Å². The SMILES string of the molecule is Cn1cc(N2C(=O)C[C@H]3[C@H]2CCN3C(=O)c2ccoc2)cn1. The molecule has 2 aromatic rings. The van der Waals surface area contributed by atoms with Gasteiger partial charge in [0, 0.05) is 26.2 Å². The number of furan rings is 1. The number of nitrogens with zero attached hydrogens (tertiary/aromatic N) is 4. The second-order valence-electron chi connectivity index (χ2n) is 5.77. The molecule has 0 unspecified atom stereocenters. The van der Waals surface area contributed by atoms with Crippen molar-refractivity contribution in [2.24, 2.45) is 7.05 Å². The normalized spacial score (nSPS) is 24.1. The average molecular weight is 300 g/mol. The van der Waals surface area contributed by atoms with Gasteiger partial charge in [0.05, 0.1) is 35.8 Å². The molecule has 0 bridgehead atoms. The molecule has 0 radical (unpaired) electrons. The lowest BCUT2D eigenvalue weighted by atomic mass is 10.1. The fourth-order valence-electron chi connectivity index (χ4n) is 3.52. The summed E-state index contributed by atoms with van der Waals surface area (Å²) in [6, 6.07) is 1.62. The molecular formula is C15H16N4O3. The van der Waals surface area contributed by atoms with E-state index in [0.29, 0.717) is 18.5 Å². The Bertz CT molecular complexity index is 721. The summed E-state index contributed by atoms with van der Waals surface area (Å²) in [5, 5.41) is 4.13. The first-order valence-electron chi connectivity index (χ1n) is 7.29. The van der Waals surface area contributed by atoms with E-state index in [9.17, 15) is 9.59 Å². The minimum Gasteiger partial charge on any atom is -0.472 e. The third kappa shape index (κ3) is 1.85. The molecule has 2 saturated heterocycles. The Morgan fingerprint density at radius 3 is 2.95 bits per heavy atom. The van der Waals surface area contributed by atoms with Gasteiger partial charge >= 0.3 is 0 Å². The first-order chi connectivity index (χ1) is 10.6. The molecule has 2 aliphatic rings. The summed E-state index contributed by atoms with van der Waals surface area (Å²) < 4.78 is 6.66. The van der Waals surface area contributed by atoms with Crippen molar-refractivity contribution in [2.75, 3.05) is 11.4 Å². The number of rotatable bonds is 2. The largest absolute Gasteiger partial charge is 0.472 e. The lowest BCUT2D eigenvalue weighted by Crippen LogP contribution is -2.39. The Kier molecular flexibility index (Phi) is 2.82. The molecule has 2 fully saturated rings. The molecule has 2 aromatic heterocycles. The van der Waals surface area contributed by atoms with E-state index >= 15 is 0 Å². The van der Waals surface area contributed by atoms with Crippen LogP contribution in [0, 0.1) is 0 Å². The maximum Gasteiger partial charge on any atom is 0.257 e. The molecule has 0 spiro atoms. The van der Waals surface area contributed by atoms with Crippen LogP contribution in [0.4, 0.5) is 5.69 Å². The van der Waals surface area contributed by atoms with Crippen LogP contribution in [-0.4, -0.2) is 45.1 Å². The van der Waals surface area contributed by atoms with Gasteiger partial charge in [-0.15, -0.1) is 0 Å². The number of fused-ring (bicyclic) bond motifs is 1. The van der Waals surface area contributed by atoms with Gasteiger partial charge in [0.25, 0.3) is 5.91 Å². The Hall–Kier alpha value is -2.57. The molecule has 0 aromatic carbocycles. The van der Waals surface area contributed by atoms with Gasteiger partial charge in [0.2, 0.25) is 5.91 Å². The quantitative estimate of drug-likeness (QED) is 0.830. The maximum absolute atomic E-state index is 12.5. The lowest BCUT2D eigenvalue weighted by molar-refractivity contribution is -0.117. The van der Waals surface area contributed by atoms with Crippen LogP contribution >= 0.6 is 0 Å². The summed E-state index contributed by atoms with van der Waals surface area (Å²) in [7, 11) is 1.82. The number of likely N-dealkylation sites (tertiary alicyclic amines) is 1. The van der Waals surface area contributed by atoms with Crippen molar-refractivity contribution in [1.82, 2.24) is 14.7 Å². The van der Waals surface area contributed by atoms with Crippen LogP contribution < -0.4 is 4.90 Å². The summed E-state index contributed by atoms with van der Waals surface area (Å²) >= 11 is 0. The van der Waals surface area contributed by atoms with Crippen LogP contribution in [-0.2, 0) is 11.8 Å². The molecule has 2 aliphatic heterocycles. The number of aryl methyl sites for hydroxylation is 1. The van der Waals surface area contributed by atoms with Crippen LogP contribution in [0.1, 0.15) is 23.2 Å². The Morgan fingerprint density at radius 1 is 1.41 bits per heavy atom. The average Bonchev–Trinajstić information content (AvgIpc) is 3.22. The second-order valence-corrected chi connectivity index (χ2v) is 5.77. The summed E-state index contributed by atoms with van der Waals surface area (Å²) in [6.45, 7) is 0.656. The molecule has 114 valence electrons. The van der Waals surface area contributed by atoms with Crippen molar-refractivity contribution < 1.29 is 14.0 Å². The van der Waals surface area contributed by atoms with Gasteiger partial charge in [-0.25, -0.2) is 0 Å². The van der Waals surface area contributed by atoms with E-state index in [1.54, 1.807) is 26.7 Å². The van der Waals surface area contributed by atoms with Crippen molar-refractivity contribution >= 4 is 17.5 Å². The first kappa shape index (κ1) is 13.1. The fraction of sp³-hybridized carbons (Fsp3) is 0.400. The smallest absolute Gasteiger partial charge is 0.257 e. The maximum atomic E-state index is 12.5. The molecule has 4 rings (SSSR count). The van der Waals surface area contributed by atoms with Gasteiger partial charge < -0.3 is 14.2 Å². The van der Waals surface area contributed by atoms with Gasteiger partial charge in [-0.1, -0.05) is 0 Å². The Balaban J connectivity index is 1.60. The van der Waals surface area contributed by atoms with E-state index in [0.717, 1.165) is 12.1 Å². The minimum atomic E-state index is -0.0740. The minimum absolute atomic E-state index is 0.0348. The molecule has 7 nitrogen and oxygen atoms in total. The zero-order valence-electron chi connectivity index (χ0n) is 12.2. The molecule has 22 heavy (non-hydrogen) atoms. The van der Waals surface area contributed by atoms with Crippen LogP contribution in [0.3, 0.4) is 0 Å². The molecular weight excluding hydrogens is 284 g/mol. The predicted molar refractivity (Wildman–Crippen MR) is 77.2 cm³/mol. The van der Waals surface area contributed by atoms with Gasteiger partial charge in [-0.2, -0.15) is 5.10 Å². The Labute approximate surface area is 127 Å². The monoisotopic (exact) mass is 300 g/mol. The number of carbonyl (C=O) groups is 2. The van der Waals surface area contributed by atoms with Crippen molar-refractivity contribution in [1.29, 1.82) is 0 Å². The number of amides is 2. The van der Waals surface area contributed by atoms with E-state index in [-0.39, 0.29) is 23.9 Å². The number of hydrogen-bond acceptors (Lipinski definition) is 4. The number of hydrogen-bond donors (Lipinski definition) is 0. The molecule has 0 saturated carbocycles. The zero-order chi connectivity index (χ0) is 15.3. The van der Waals surface area contributed by atoms with E-state index < -0.39 is 0 Å². The molecule has 0 aliphatic carbocycles. The van der Waals surface area contributed by atoms with Crippen molar-refractivity contribution in [2.45, 2.75) is 24.9 Å². The van der Waals surface area contributed by atoms with E-state index in [1.165, 1.54) is 12.5 Å². The predicted octanol–water partition coefficient (Wildman–Crippen LogP) is 1.03. The van der Waals surface area contributed by atoms with E-state index in [2.05, 4.69) is 5.10 Å². The molecule has 0 N–H and O–H groups in total. The Morgan fingerprint density at radius 2 is 2.27 bits per heavy atom. The highest BCUT2D eigenvalue weighted by Gasteiger charge is 2.49. The van der Waals surface area contributed by atoms with Crippen molar-refractivity contribution in [3.05, 3.63) is 36.5 Å². The fourth-order valence-corrected chi connectivity index (χ4v) is 3.52. The molecule has 2 amide bonds. The third-order valence-electron chi connectivity index (χ3n) is 4.49.